The summed E-state index contributed by atoms with van der Waals surface area (Å²) in [5.74, 6) is 1.61. The molecule has 16 heavy (non-hydrogen) atoms. The zero-order chi connectivity index (χ0) is 12.1. The molecule has 0 bridgehead atoms. The molecular weight excluding hydrogens is 222 g/mol. The number of rotatable bonds is 5. The van der Waals surface area contributed by atoms with Crippen LogP contribution in [-0.4, -0.2) is 20.0 Å². The Morgan fingerprint density at radius 1 is 1.31 bits per heavy atom. The first-order valence-electron chi connectivity index (χ1n) is 5.52. The first-order chi connectivity index (χ1) is 7.63. The van der Waals surface area contributed by atoms with Crippen molar-refractivity contribution in [1.29, 1.82) is 0 Å². The zero-order valence-electron chi connectivity index (χ0n) is 10.4. The van der Waals surface area contributed by atoms with Crippen LogP contribution in [-0.2, 0) is 0 Å². The number of hydrogen-bond acceptors (Lipinski definition) is 2. The van der Waals surface area contributed by atoms with Gasteiger partial charge in [0.1, 0.15) is 5.75 Å². The molecule has 0 saturated carbocycles. The molecule has 0 aromatic heterocycles. The van der Waals surface area contributed by atoms with Crippen LogP contribution in [0.15, 0.2) is 12.1 Å². The maximum Gasteiger partial charge on any atom is 0.122 e. The van der Waals surface area contributed by atoms with Crippen molar-refractivity contribution >= 4 is 11.6 Å². The highest BCUT2D eigenvalue weighted by molar-refractivity contribution is 6.17. The van der Waals surface area contributed by atoms with Crippen molar-refractivity contribution in [2.45, 2.75) is 26.3 Å². The van der Waals surface area contributed by atoms with Crippen molar-refractivity contribution in [3.8, 4) is 5.75 Å². The summed E-state index contributed by atoms with van der Waals surface area (Å²) in [6.07, 6.45) is 0.935. The number of alkyl halides is 1. The third-order valence-electron chi connectivity index (χ3n) is 2.91. The van der Waals surface area contributed by atoms with Gasteiger partial charge in [0, 0.05) is 11.9 Å². The van der Waals surface area contributed by atoms with Crippen LogP contribution in [0.2, 0.25) is 0 Å². The molecule has 0 aliphatic heterocycles. The molecule has 1 atom stereocenters. The number of nitrogens with one attached hydrogen (secondary N) is 1. The fraction of sp³-hybridized carbons (Fsp3) is 0.538. The molecule has 0 radical (unpaired) electrons. The van der Waals surface area contributed by atoms with E-state index in [1.165, 1.54) is 11.1 Å². The van der Waals surface area contributed by atoms with Gasteiger partial charge < -0.3 is 10.1 Å². The number of aryl methyl sites for hydroxylation is 2. The third-order valence-corrected chi connectivity index (χ3v) is 3.12. The predicted molar refractivity (Wildman–Crippen MR) is 69.6 cm³/mol. The lowest BCUT2D eigenvalue weighted by Gasteiger charge is -2.19. The van der Waals surface area contributed by atoms with Crippen LogP contribution in [0.1, 0.15) is 29.2 Å². The van der Waals surface area contributed by atoms with E-state index in [0.717, 1.165) is 17.7 Å². The Balaban J connectivity index is 3.08. The maximum absolute atomic E-state index is 5.81. The van der Waals surface area contributed by atoms with Crippen LogP contribution in [0.4, 0.5) is 0 Å². The van der Waals surface area contributed by atoms with Gasteiger partial charge in [-0.05, 0) is 50.1 Å². The minimum atomic E-state index is 0.321. The molecular formula is C13H20ClNO. The van der Waals surface area contributed by atoms with E-state index in [4.69, 9.17) is 16.3 Å². The highest BCUT2D eigenvalue weighted by Gasteiger charge is 2.13. The van der Waals surface area contributed by atoms with Gasteiger partial charge in [-0.15, -0.1) is 11.6 Å². The van der Waals surface area contributed by atoms with E-state index in [2.05, 4.69) is 31.3 Å². The smallest absolute Gasteiger partial charge is 0.122 e. The summed E-state index contributed by atoms with van der Waals surface area (Å²) >= 11 is 5.81. The average molecular weight is 242 g/mol. The monoisotopic (exact) mass is 241 g/mol. The predicted octanol–water partition coefficient (Wildman–Crippen LogP) is 3.20. The summed E-state index contributed by atoms with van der Waals surface area (Å²) in [6.45, 7) is 4.17. The van der Waals surface area contributed by atoms with Gasteiger partial charge in [-0.2, -0.15) is 0 Å². The molecule has 1 unspecified atom stereocenters. The van der Waals surface area contributed by atoms with Crippen molar-refractivity contribution in [1.82, 2.24) is 5.32 Å². The Hall–Kier alpha value is -0.730. The number of methoxy groups -OCH3 is 1. The van der Waals surface area contributed by atoms with Crippen LogP contribution in [0.5, 0.6) is 5.75 Å². The van der Waals surface area contributed by atoms with E-state index in [0.29, 0.717) is 11.9 Å². The Bertz CT molecular complexity index is 352. The van der Waals surface area contributed by atoms with Crippen molar-refractivity contribution in [3.63, 3.8) is 0 Å². The summed E-state index contributed by atoms with van der Waals surface area (Å²) in [7, 11) is 3.67. The molecule has 0 aliphatic rings. The van der Waals surface area contributed by atoms with Crippen LogP contribution in [0, 0.1) is 13.8 Å². The highest BCUT2D eigenvalue weighted by atomic mass is 35.5. The molecule has 0 heterocycles. The number of benzene rings is 1. The summed E-state index contributed by atoms with van der Waals surface area (Å²) in [4.78, 5) is 0. The second-order valence-electron chi connectivity index (χ2n) is 4.00. The van der Waals surface area contributed by atoms with E-state index in [1.807, 2.05) is 7.05 Å². The standard InChI is InChI=1S/C13H20ClNO/c1-9-8-13(16-4)10(2)7-11(9)12(15-3)5-6-14/h7-8,12,15H,5-6H2,1-4H3. The lowest BCUT2D eigenvalue weighted by atomic mass is 9.96. The van der Waals surface area contributed by atoms with Gasteiger partial charge in [-0.3, -0.25) is 0 Å². The molecule has 1 rings (SSSR count). The molecule has 90 valence electrons. The summed E-state index contributed by atoms with van der Waals surface area (Å²) < 4.78 is 5.31. The summed E-state index contributed by atoms with van der Waals surface area (Å²) in [5.41, 5.74) is 3.71. The highest BCUT2D eigenvalue weighted by Crippen LogP contribution is 2.28. The Morgan fingerprint density at radius 3 is 2.50 bits per heavy atom. The van der Waals surface area contributed by atoms with E-state index < -0.39 is 0 Å². The van der Waals surface area contributed by atoms with Crippen molar-refractivity contribution < 1.29 is 4.74 Å². The van der Waals surface area contributed by atoms with Crippen LogP contribution < -0.4 is 10.1 Å². The quantitative estimate of drug-likeness (QED) is 0.800. The van der Waals surface area contributed by atoms with Gasteiger partial charge >= 0.3 is 0 Å². The van der Waals surface area contributed by atoms with Gasteiger partial charge in [0.2, 0.25) is 0 Å². The molecule has 2 nitrogen and oxygen atoms in total. The van der Waals surface area contributed by atoms with Crippen LogP contribution in [0.3, 0.4) is 0 Å². The largest absolute Gasteiger partial charge is 0.496 e. The molecule has 0 fully saturated rings. The lowest BCUT2D eigenvalue weighted by Crippen LogP contribution is -2.18. The van der Waals surface area contributed by atoms with Crippen molar-refractivity contribution in [2.75, 3.05) is 20.0 Å². The zero-order valence-corrected chi connectivity index (χ0v) is 11.2. The van der Waals surface area contributed by atoms with E-state index in [-0.39, 0.29) is 0 Å². The fourth-order valence-corrected chi connectivity index (χ4v) is 2.19. The van der Waals surface area contributed by atoms with Gasteiger partial charge in [0.25, 0.3) is 0 Å². The fourth-order valence-electron chi connectivity index (χ4n) is 1.97. The van der Waals surface area contributed by atoms with Crippen LogP contribution in [0.25, 0.3) is 0 Å². The van der Waals surface area contributed by atoms with E-state index in [9.17, 15) is 0 Å². The lowest BCUT2D eigenvalue weighted by molar-refractivity contribution is 0.410. The SMILES string of the molecule is CNC(CCCl)c1cc(C)c(OC)cc1C. The number of halogens is 1. The first kappa shape index (κ1) is 13.3. The Labute approximate surface area is 103 Å². The minimum Gasteiger partial charge on any atom is -0.496 e. The molecule has 1 aromatic rings. The first-order valence-corrected chi connectivity index (χ1v) is 6.05. The molecule has 1 N–H and O–H groups in total. The third kappa shape index (κ3) is 2.89. The molecule has 3 heteroatoms. The van der Waals surface area contributed by atoms with Crippen LogP contribution >= 0.6 is 11.6 Å². The molecule has 0 saturated heterocycles. The van der Waals surface area contributed by atoms with Gasteiger partial charge in [0.15, 0.2) is 0 Å². The Kier molecular flexibility index (Phi) is 5.10. The van der Waals surface area contributed by atoms with Gasteiger partial charge in [0.05, 0.1) is 7.11 Å². The number of hydrogen-bond donors (Lipinski definition) is 1. The summed E-state index contributed by atoms with van der Waals surface area (Å²) in [6, 6.07) is 4.59. The molecule has 1 aromatic carbocycles. The van der Waals surface area contributed by atoms with Crippen molar-refractivity contribution in [3.05, 3.63) is 28.8 Å². The molecule has 0 spiro atoms. The topological polar surface area (TPSA) is 21.3 Å². The Morgan fingerprint density at radius 2 is 2.00 bits per heavy atom. The van der Waals surface area contributed by atoms with E-state index >= 15 is 0 Å². The molecule has 0 aliphatic carbocycles. The normalized spacial score (nSPS) is 12.6. The second-order valence-corrected chi connectivity index (χ2v) is 4.38. The maximum atomic E-state index is 5.81. The summed E-state index contributed by atoms with van der Waals surface area (Å²) in [5, 5.41) is 3.30. The van der Waals surface area contributed by atoms with E-state index in [1.54, 1.807) is 7.11 Å². The van der Waals surface area contributed by atoms with Crippen molar-refractivity contribution in [2.24, 2.45) is 0 Å². The minimum absolute atomic E-state index is 0.321. The average Bonchev–Trinajstić information content (AvgIpc) is 2.28. The number of ether oxygens (including phenoxy) is 1. The molecule has 0 amide bonds. The van der Waals surface area contributed by atoms with Gasteiger partial charge in [-0.25, -0.2) is 0 Å². The second kappa shape index (κ2) is 6.12. The van der Waals surface area contributed by atoms with Gasteiger partial charge in [-0.1, -0.05) is 6.07 Å².